The number of Topliss-reactive ketones (excluding diaryl/α,β-unsaturated/α-hetero) is 1. The SMILES string of the molecule is CC1(N)C=CC2=C(C=C1)C(=O)C(=O)N2. The number of carbonyl (C=O) groups excluding carboxylic acids is 2. The molecule has 0 saturated heterocycles. The standard InChI is InChI=1S/C10H10N2O2/c1-10(11)4-2-6-7(3-5-10)12-9(14)8(6)13/h2-5H,11H2,1H3,(H,12,13,14). The van der Waals surface area contributed by atoms with Crippen molar-refractivity contribution in [3.05, 3.63) is 35.6 Å². The number of hydrogen-bond donors (Lipinski definition) is 2. The average Bonchev–Trinajstić information content (AvgIpc) is 2.27. The molecule has 1 aliphatic carbocycles. The van der Waals surface area contributed by atoms with Crippen LogP contribution in [-0.2, 0) is 9.59 Å². The van der Waals surface area contributed by atoms with Gasteiger partial charge in [0.2, 0.25) is 0 Å². The zero-order valence-electron chi connectivity index (χ0n) is 7.70. The normalized spacial score (nSPS) is 30.4. The summed E-state index contributed by atoms with van der Waals surface area (Å²) in [6, 6.07) is 0. The molecule has 0 aromatic rings. The van der Waals surface area contributed by atoms with E-state index < -0.39 is 17.2 Å². The number of ketones is 1. The second kappa shape index (κ2) is 2.65. The molecule has 3 N–H and O–H groups in total. The first-order valence-electron chi connectivity index (χ1n) is 4.27. The first kappa shape index (κ1) is 8.90. The van der Waals surface area contributed by atoms with Gasteiger partial charge in [-0.1, -0.05) is 18.2 Å². The summed E-state index contributed by atoms with van der Waals surface area (Å²) in [7, 11) is 0. The molecule has 0 aromatic carbocycles. The van der Waals surface area contributed by atoms with E-state index in [1.165, 1.54) is 0 Å². The summed E-state index contributed by atoms with van der Waals surface area (Å²) in [5.41, 5.74) is 6.18. The minimum atomic E-state index is -0.579. The molecule has 1 heterocycles. The van der Waals surface area contributed by atoms with Crippen molar-refractivity contribution >= 4 is 11.7 Å². The van der Waals surface area contributed by atoms with Crippen molar-refractivity contribution in [3.63, 3.8) is 0 Å². The lowest BCUT2D eigenvalue weighted by molar-refractivity contribution is -0.134. The Kier molecular flexibility index (Phi) is 1.69. The zero-order valence-corrected chi connectivity index (χ0v) is 7.70. The maximum atomic E-state index is 11.3. The summed E-state index contributed by atoms with van der Waals surface area (Å²) in [4.78, 5) is 22.3. The zero-order chi connectivity index (χ0) is 10.3. The fourth-order valence-electron chi connectivity index (χ4n) is 1.37. The molecule has 0 radical (unpaired) electrons. The number of nitrogens with two attached hydrogens (primary N) is 1. The number of amides is 1. The molecular weight excluding hydrogens is 180 g/mol. The van der Waals surface area contributed by atoms with Crippen molar-refractivity contribution in [3.8, 4) is 0 Å². The van der Waals surface area contributed by atoms with E-state index in [0.717, 1.165) is 0 Å². The van der Waals surface area contributed by atoms with Gasteiger partial charge in [-0.2, -0.15) is 0 Å². The first-order valence-corrected chi connectivity index (χ1v) is 4.27. The van der Waals surface area contributed by atoms with Crippen LogP contribution >= 0.6 is 0 Å². The van der Waals surface area contributed by atoms with Crippen LogP contribution in [0.4, 0.5) is 0 Å². The monoisotopic (exact) mass is 190 g/mol. The summed E-state index contributed by atoms with van der Waals surface area (Å²) in [6.07, 6.45) is 6.70. The number of allylic oxidation sites excluding steroid dienone is 2. The highest BCUT2D eigenvalue weighted by molar-refractivity contribution is 6.46. The van der Waals surface area contributed by atoms with E-state index >= 15 is 0 Å². The summed E-state index contributed by atoms with van der Waals surface area (Å²) in [5, 5.41) is 2.48. The van der Waals surface area contributed by atoms with E-state index in [2.05, 4.69) is 5.32 Å². The Bertz CT molecular complexity index is 414. The third-order valence-electron chi connectivity index (χ3n) is 2.21. The van der Waals surface area contributed by atoms with E-state index in [-0.39, 0.29) is 0 Å². The Balaban J connectivity index is 2.45. The number of rotatable bonds is 0. The summed E-state index contributed by atoms with van der Waals surface area (Å²) in [5.74, 6) is -1.08. The van der Waals surface area contributed by atoms with Crippen molar-refractivity contribution in [2.45, 2.75) is 12.5 Å². The lowest BCUT2D eigenvalue weighted by Gasteiger charge is -2.13. The topological polar surface area (TPSA) is 72.2 Å². The van der Waals surface area contributed by atoms with E-state index in [0.29, 0.717) is 11.3 Å². The highest BCUT2D eigenvalue weighted by Crippen LogP contribution is 2.20. The van der Waals surface area contributed by atoms with Crippen LogP contribution in [0, 0.1) is 0 Å². The molecule has 0 fully saturated rings. The van der Waals surface area contributed by atoms with Crippen molar-refractivity contribution in [2.75, 3.05) is 0 Å². The van der Waals surface area contributed by atoms with Crippen LogP contribution in [0.2, 0.25) is 0 Å². The van der Waals surface area contributed by atoms with Crippen molar-refractivity contribution < 1.29 is 9.59 Å². The van der Waals surface area contributed by atoms with Gasteiger partial charge in [0.25, 0.3) is 11.7 Å². The van der Waals surface area contributed by atoms with E-state index in [9.17, 15) is 9.59 Å². The summed E-state index contributed by atoms with van der Waals surface area (Å²) in [6.45, 7) is 1.81. The molecule has 1 aliphatic heterocycles. The van der Waals surface area contributed by atoms with Gasteiger partial charge in [0.05, 0.1) is 16.8 Å². The molecule has 0 bridgehead atoms. The molecule has 0 aromatic heterocycles. The van der Waals surface area contributed by atoms with Crippen LogP contribution < -0.4 is 11.1 Å². The highest BCUT2D eigenvalue weighted by Gasteiger charge is 2.29. The van der Waals surface area contributed by atoms with Gasteiger partial charge >= 0.3 is 0 Å². The van der Waals surface area contributed by atoms with Crippen LogP contribution in [0.5, 0.6) is 0 Å². The van der Waals surface area contributed by atoms with Gasteiger partial charge in [-0.3, -0.25) is 9.59 Å². The molecular formula is C10H10N2O2. The van der Waals surface area contributed by atoms with E-state index in [4.69, 9.17) is 5.73 Å². The number of carbonyl (C=O) groups is 2. The first-order chi connectivity index (χ1) is 6.49. The maximum absolute atomic E-state index is 11.3. The molecule has 1 unspecified atom stereocenters. The molecule has 1 atom stereocenters. The largest absolute Gasteiger partial charge is 0.319 e. The molecule has 72 valence electrons. The van der Waals surface area contributed by atoms with Gasteiger partial charge in [0, 0.05) is 0 Å². The second-order valence-electron chi connectivity index (χ2n) is 3.64. The maximum Gasteiger partial charge on any atom is 0.296 e. The number of hydrogen-bond acceptors (Lipinski definition) is 3. The second-order valence-corrected chi connectivity index (χ2v) is 3.64. The Hall–Kier alpha value is -1.68. The Labute approximate surface area is 81.2 Å². The smallest absolute Gasteiger partial charge is 0.296 e. The van der Waals surface area contributed by atoms with Crippen molar-refractivity contribution in [1.82, 2.24) is 5.32 Å². The predicted molar refractivity (Wildman–Crippen MR) is 51.0 cm³/mol. The molecule has 2 aliphatic rings. The van der Waals surface area contributed by atoms with Crippen LogP contribution in [0.25, 0.3) is 0 Å². The fourth-order valence-corrected chi connectivity index (χ4v) is 1.37. The van der Waals surface area contributed by atoms with Gasteiger partial charge in [-0.15, -0.1) is 0 Å². The number of nitrogens with one attached hydrogen (secondary N) is 1. The fraction of sp³-hybridized carbons (Fsp3) is 0.200. The third kappa shape index (κ3) is 1.29. The Morgan fingerprint density at radius 1 is 1.29 bits per heavy atom. The molecule has 1 amide bonds. The Morgan fingerprint density at radius 2 is 1.93 bits per heavy atom. The van der Waals surface area contributed by atoms with Gasteiger partial charge in [0.1, 0.15) is 0 Å². The van der Waals surface area contributed by atoms with Gasteiger partial charge in [-0.05, 0) is 13.0 Å². The van der Waals surface area contributed by atoms with E-state index in [1.807, 2.05) is 6.92 Å². The molecule has 14 heavy (non-hydrogen) atoms. The van der Waals surface area contributed by atoms with Crippen molar-refractivity contribution in [1.29, 1.82) is 0 Å². The van der Waals surface area contributed by atoms with Crippen LogP contribution in [-0.4, -0.2) is 17.2 Å². The van der Waals surface area contributed by atoms with E-state index in [1.54, 1.807) is 24.3 Å². The average molecular weight is 190 g/mol. The third-order valence-corrected chi connectivity index (χ3v) is 2.21. The minimum absolute atomic E-state index is 0.389. The van der Waals surface area contributed by atoms with Crippen molar-refractivity contribution in [2.24, 2.45) is 5.73 Å². The lowest BCUT2D eigenvalue weighted by atomic mass is 10.0. The van der Waals surface area contributed by atoms with Gasteiger partial charge < -0.3 is 11.1 Å². The van der Waals surface area contributed by atoms with Crippen LogP contribution in [0.1, 0.15) is 6.92 Å². The summed E-state index contributed by atoms with van der Waals surface area (Å²) >= 11 is 0. The predicted octanol–water partition coefficient (Wildman–Crippen LogP) is -0.217. The molecule has 0 spiro atoms. The Morgan fingerprint density at radius 3 is 2.64 bits per heavy atom. The molecule has 4 heteroatoms. The quantitative estimate of drug-likeness (QED) is 0.519. The van der Waals surface area contributed by atoms with Crippen LogP contribution in [0.15, 0.2) is 35.6 Å². The minimum Gasteiger partial charge on any atom is -0.319 e. The van der Waals surface area contributed by atoms with Crippen LogP contribution in [0.3, 0.4) is 0 Å². The van der Waals surface area contributed by atoms with Gasteiger partial charge in [-0.25, -0.2) is 0 Å². The van der Waals surface area contributed by atoms with Gasteiger partial charge in [0.15, 0.2) is 0 Å². The molecule has 2 rings (SSSR count). The highest BCUT2D eigenvalue weighted by atomic mass is 16.2. The molecule has 4 nitrogen and oxygen atoms in total. The summed E-state index contributed by atoms with van der Waals surface area (Å²) < 4.78 is 0. The lowest BCUT2D eigenvalue weighted by Crippen LogP contribution is -2.31. The molecule has 0 saturated carbocycles.